The van der Waals surface area contributed by atoms with Crippen molar-refractivity contribution in [3.05, 3.63) is 12.2 Å². The zero-order valence-corrected chi connectivity index (χ0v) is 19.9. The summed E-state index contributed by atoms with van der Waals surface area (Å²) in [6.07, 6.45) is 21.6. The van der Waals surface area contributed by atoms with E-state index in [0.717, 1.165) is 35.5 Å². The molecule has 4 aliphatic rings. The van der Waals surface area contributed by atoms with E-state index >= 15 is 0 Å². The maximum absolute atomic E-state index is 2.75. The Morgan fingerprint density at radius 3 is 2.36 bits per heavy atom. The Hall–Kier alpha value is -0.260. The lowest BCUT2D eigenvalue weighted by Gasteiger charge is -2.60. The molecular formula is C28H48. The summed E-state index contributed by atoms with van der Waals surface area (Å²) < 4.78 is 0. The van der Waals surface area contributed by atoms with Gasteiger partial charge in [-0.05, 0) is 96.7 Å². The molecule has 0 nitrogen and oxygen atoms in total. The van der Waals surface area contributed by atoms with Crippen molar-refractivity contribution >= 4 is 0 Å². The van der Waals surface area contributed by atoms with Crippen LogP contribution in [-0.4, -0.2) is 0 Å². The fourth-order valence-electron chi connectivity index (χ4n) is 8.86. The van der Waals surface area contributed by atoms with Crippen LogP contribution in [0.15, 0.2) is 12.2 Å². The van der Waals surface area contributed by atoms with Crippen LogP contribution in [0.25, 0.3) is 0 Å². The summed E-state index contributed by atoms with van der Waals surface area (Å²) >= 11 is 0. The molecule has 0 aromatic rings. The zero-order valence-electron chi connectivity index (χ0n) is 19.9. The van der Waals surface area contributed by atoms with Gasteiger partial charge in [-0.25, -0.2) is 0 Å². The Balaban J connectivity index is 1.53. The van der Waals surface area contributed by atoms with E-state index in [-0.39, 0.29) is 0 Å². The summed E-state index contributed by atoms with van der Waals surface area (Å²) in [7, 11) is 0. The maximum atomic E-state index is 2.75. The Kier molecular flexibility index (Phi) is 5.59. The second-order valence-electron chi connectivity index (χ2n) is 12.9. The van der Waals surface area contributed by atoms with E-state index < -0.39 is 0 Å². The molecule has 0 heteroatoms. The first kappa shape index (κ1) is 21.0. The van der Waals surface area contributed by atoms with Crippen LogP contribution in [0.4, 0.5) is 0 Å². The fourth-order valence-corrected chi connectivity index (χ4v) is 8.86. The molecule has 0 amide bonds. The minimum absolute atomic E-state index is 0.552. The Morgan fingerprint density at radius 2 is 1.61 bits per heavy atom. The van der Waals surface area contributed by atoms with E-state index in [9.17, 15) is 0 Å². The third kappa shape index (κ3) is 3.33. The average molecular weight is 385 g/mol. The fraction of sp³-hybridized carbons (Fsp3) is 0.929. The van der Waals surface area contributed by atoms with Crippen LogP contribution >= 0.6 is 0 Å². The maximum Gasteiger partial charge on any atom is -0.0166 e. The topological polar surface area (TPSA) is 0 Å². The smallest absolute Gasteiger partial charge is 0.0166 e. The first-order valence-corrected chi connectivity index (χ1v) is 12.9. The van der Waals surface area contributed by atoms with Gasteiger partial charge in [-0.3, -0.25) is 0 Å². The molecular weight excluding hydrogens is 336 g/mol. The van der Waals surface area contributed by atoms with Crippen LogP contribution in [0.1, 0.15) is 112 Å². The van der Waals surface area contributed by atoms with Crippen molar-refractivity contribution in [3.8, 4) is 0 Å². The third-order valence-electron chi connectivity index (χ3n) is 10.7. The van der Waals surface area contributed by atoms with E-state index in [1.807, 2.05) is 0 Å². The second kappa shape index (κ2) is 7.46. The molecule has 0 radical (unpaired) electrons. The van der Waals surface area contributed by atoms with Crippen LogP contribution in [0.3, 0.4) is 0 Å². The normalized spacial score (nSPS) is 47.9. The molecule has 0 bridgehead atoms. The van der Waals surface area contributed by atoms with E-state index in [0.29, 0.717) is 16.2 Å². The highest BCUT2D eigenvalue weighted by Gasteiger charge is 2.59. The zero-order chi connectivity index (χ0) is 20.2. The van der Waals surface area contributed by atoms with Gasteiger partial charge in [0.15, 0.2) is 0 Å². The second-order valence-corrected chi connectivity index (χ2v) is 12.9. The van der Waals surface area contributed by atoms with Gasteiger partial charge >= 0.3 is 0 Å². The van der Waals surface area contributed by atoms with E-state index in [4.69, 9.17) is 0 Å². The van der Waals surface area contributed by atoms with Crippen molar-refractivity contribution in [2.24, 2.45) is 51.8 Å². The van der Waals surface area contributed by atoms with Crippen LogP contribution < -0.4 is 0 Å². The van der Waals surface area contributed by atoms with Crippen LogP contribution in [0.5, 0.6) is 0 Å². The summed E-state index contributed by atoms with van der Waals surface area (Å²) in [4.78, 5) is 0. The summed E-state index contributed by atoms with van der Waals surface area (Å²) in [5.41, 5.74) is 1.76. The number of fused-ring (bicyclic) bond motifs is 5. The lowest BCUT2D eigenvalue weighted by Crippen LogP contribution is -2.52. The Morgan fingerprint density at radius 1 is 0.857 bits per heavy atom. The van der Waals surface area contributed by atoms with Gasteiger partial charge in [0.1, 0.15) is 0 Å². The van der Waals surface area contributed by atoms with E-state index in [2.05, 4.69) is 53.7 Å². The van der Waals surface area contributed by atoms with Crippen molar-refractivity contribution in [1.82, 2.24) is 0 Å². The van der Waals surface area contributed by atoms with Gasteiger partial charge < -0.3 is 0 Å². The van der Waals surface area contributed by atoms with Crippen molar-refractivity contribution in [2.75, 3.05) is 0 Å². The van der Waals surface area contributed by atoms with Crippen molar-refractivity contribution in [2.45, 2.75) is 112 Å². The van der Waals surface area contributed by atoms with E-state index in [1.54, 1.807) is 0 Å². The summed E-state index contributed by atoms with van der Waals surface area (Å²) in [5.74, 6) is 5.57. The van der Waals surface area contributed by atoms with Crippen molar-refractivity contribution < 1.29 is 0 Å². The summed E-state index contributed by atoms with van der Waals surface area (Å²) in [6, 6.07) is 0. The van der Waals surface area contributed by atoms with Gasteiger partial charge in [-0.2, -0.15) is 0 Å². The molecule has 0 heterocycles. The van der Waals surface area contributed by atoms with Gasteiger partial charge in [0.05, 0.1) is 0 Å². The average Bonchev–Trinajstić information content (AvgIpc) is 2.99. The summed E-state index contributed by atoms with van der Waals surface area (Å²) in [6.45, 7) is 15.4. The highest BCUT2D eigenvalue weighted by Crippen LogP contribution is 2.67. The molecule has 0 saturated heterocycles. The monoisotopic (exact) mass is 384 g/mol. The molecule has 4 aliphatic carbocycles. The van der Waals surface area contributed by atoms with Gasteiger partial charge in [-0.15, -0.1) is 0 Å². The largest absolute Gasteiger partial charge is 0.0845 e. The lowest BCUT2D eigenvalue weighted by molar-refractivity contribution is -0.0800. The van der Waals surface area contributed by atoms with Crippen LogP contribution in [0, 0.1) is 51.8 Å². The van der Waals surface area contributed by atoms with Gasteiger partial charge in [-0.1, -0.05) is 79.4 Å². The molecule has 3 fully saturated rings. The molecule has 0 aromatic carbocycles. The van der Waals surface area contributed by atoms with Gasteiger partial charge in [0, 0.05) is 0 Å². The number of hydrogen-bond donors (Lipinski definition) is 0. The number of rotatable bonds is 5. The molecule has 4 rings (SSSR count). The molecule has 8 unspecified atom stereocenters. The third-order valence-corrected chi connectivity index (χ3v) is 10.7. The highest BCUT2D eigenvalue weighted by atomic mass is 14.6. The Labute approximate surface area is 176 Å². The minimum atomic E-state index is 0.552. The van der Waals surface area contributed by atoms with Crippen LogP contribution in [-0.2, 0) is 0 Å². The standard InChI is InChI=1S/C28H48/c1-7-8-9-10-20(2)23-13-14-24-22-12-11-21-19-26(3,4)17-18-27(21,5)25(22)15-16-28(23,24)6/h11-12,20-25H,7-10,13-19H2,1-6H3. The molecule has 0 N–H and O–H groups in total. The van der Waals surface area contributed by atoms with E-state index in [1.165, 1.54) is 70.6 Å². The SMILES string of the molecule is CCCCCC(C)C1CCC2C3C=CC4CC(C)(C)CCC4(C)C3CCC12C. The summed E-state index contributed by atoms with van der Waals surface area (Å²) in [5, 5.41) is 0. The minimum Gasteiger partial charge on any atom is -0.0845 e. The lowest BCUT2D eigenvalue weighted by atomic mass is 9.45. The molecule has 3 saturated carbocycles. The first-order chi connectivity index (χ1) is 13.2. The number of hydrogen-bond acceptors (Lipinski definition) is 0. The van der Waals surface area contributed by atoms with Crippen LogP contribution in [0.2, 0.25) is 0 Å². The highest BCUT2D eigenvalue weighted by molar-refractivity contribution is 5.18. The molecule has 0 aromatic heterocycles. The molecule has 0 aliphatic heterocycles. The van der Waals surface area contributed by atoms with Gasteiger partial charge in [0.2, 0.25) is 0 Å². The predicted octanol–water partition coefficient (Wildman–Crippen LogP) is 8.66. The number of allylic oxidation sites excluding steroid dienone is 2. The molecule has 28 heavy (non-hydrogen) atoms. The van der Waals surface area contributed by atoms with Gasteiger partial charge in [0.25, 0.3) is 0 Å². The first-order valence-electron chi connectivity index (χ1n) is 12.9. The quantitative estimate of drug-likeness (QED) is 0.328. The molecule has 160 valence electrons. The van der Waals surface area contributed by atoms with Crippen molar-refractivity contribution in [3.63, 3.8) is 0 Å². The van der Waals surface area contributed by atoms with Crippen molar-refractivity contribution in [1.29, 1.82) is 0 Å². The molecule has 0 spiro atoms. The number of unbranched alkanes of at least 4 members (excludes halogenated alkanes) is 2. The predicted molar refractivity (Wildman–Crippen MR) is 122 cm³/mol. The Bertz CT molecular complexity index is 585. The molecule has 8 atom stereocenters.